The standard InChI is InChI=1S/C14H10BrN3O2/c1-8-5-6-9(7-11(8)15)18-13-10(14(19)20)3-2-4-12(13)16-17-18/h2-7H,1H3,(H,19,20). The van der Waals surface area contributed by atoms with Crippen molar-refractivity contribution >= 4 is 32.9 Å². The summed E-state index contributed by atoms with van der Waals surface area (Å²) in [4.78, 5) is 11.3. The number of carbonyl (C=O) groups is 1. The number of nitrogens with zero attached hydrogens (tertiary/aromatic N) is 3. The van der Waals surface area contributed by atoms with Gasteiger partial charge in [-0.2, -0.15) is 0 Å². The summed E-state index contributed by atoms with van der Waals surface area (Å²) in [6.07, 6.45) is 0. The first kappa shape index (κ1) is 12.8. The summed E-state index contributed by atoms with van der Waals surface area (Å²) in [5.41, 5.74) is 3.09. The van der Waals surface area contributed by atoms with Crippen molar-refractivity contribution in [2.75, 3.05) is 0 Å². The number of hydrogen-bond acceptors (Lipinski definition) is 3. The van der Waals surface area contributed by atoms with Crippen molar-refractivity contribution in [3.8, 4) is 5.69 Å². The van der Waals surface area contributed by atoms with E-state index in [1.165, 1.54) is 0 Å². The molecule has 5 nitrogen and oxygen atoms in total. The van der Waals surface area contributed by atoms with Crippen LogP contribution in [0.5, 0.6) is 0 Å². The van der Waals surface area contributed by atoms with E-state index in [1.807, 2.05) is 25.1 Å². The third-order valence-corrected chi connectivity index (χ3v) is 3.95. The summed E-state index contributed by atoms with van der Waals surface area (Å²) in [5, 5.41) is 17.4. The number of carboxylic acids is 1. The quantitative estimate of drug-likeness (QED) is 0.783. The minimum atomic E-state index is -0.995. The molecular weight excluding hydrogens is 322 g/mol. The summed E-state index contributed by atoms with van der Waals surface area (Å²) >= 11 is 3.47. The molecule has 0 amide bonds. The highest BCUT2D eigenvalue weighted by Crippen LogP contribution is 2.24. The Hall–Kier alpha value is -2.21. The Morgan fingerprint density at radius 3 is 2.80 bits per heavy atom. The Morgan fingerprint density at radius 2 is 2.10 bits per heavy atom. The molecule has 0 aliphatic rings. The van der Waals surface area contributed by atoms with E-state index in [9.17, 15) is 9.90 Å². The topological polar surface area (TPSA) is 68.0 Å². The molecule has 1 aromatic heterocycles. The Morgan fingerprint density at radius 1 is 1.30 bits per heavy atom. The molecule has 0 spiro atoms. The van der Waals surface area contributed by atoms with Gasteiger partial charge in [-0.25, -0.2) is 9.48 Å². The average molecular weight is 332 g/mol. The number of hydrogen-bond donors (Lipinski definition) is 1. The normalized spacial score (nSPS) is 10.9. The molecule has 0 saturated heterocycles. The van der Waals surface area contributed by atoms with E-state index in [2.05, 4.69) is 26.2 Å². The maximum absolute atomic E-state index is 11.3. The summed E-state index contributed by atoms with van der Waals surface area (Å²) in [6.45, 7) is 1.98. The van der Waals surface area contributed by atoms with Gasteiger partial charge < -0.3 is 5.11 Å². The molecule has 0 aliphatic carbocycles. The summed E-state index contributed by atoms with van der Waals surface area (Å²) in [5.74, 6) is -0.995. The highest BCUT2D eigenvalue weighted by molar-refractivity contribution is 9.10. The van der Waals surface area contributed by atoms with E-state index in [0.29, 0.717) is 11.0 Å². The van der Waals surface area contributed by atoms with Gasteiger partial charge in [0.2, 0.25) is 0 Å². The fraction of sp³-hybridized carbons (Fsp3) is 0.0714. The van der Waals surface area contributed by atoms with Crippen LogP contribution in [0.25, 0.3) is 16.7 Å². The molecule has 0 bridgehead atoms. The van der Waals surface area contributed by atoms with Crippen molar-refractivity contribution in [3.63, 3.8) is 0 Å². The van der Waals surface area contributed by atoms with Crippen molar-refractivity contribution in [1.29, 1.82) is 0 Å². The number of aromatic carboxylic acids is 1. The van der Waals surface area contributed by atoms with Crippen molar-refractivity contribution in [2.45, 2.75) is 6.92 Å². The van der Waals surface area contributed by atoms with Crippen LogP contribution >= 0.6 is 15.9 Å². The Bertz CT molecular complexity index is 826. The molecule has 0 radical (unpaired) electrons. The summed E-state index contributed by atoms with van der Waals surface area (Å²) in [6, 6.07) is 10.7. The highest BCUT2D eigenvalue weighted by Gasteiger charge is 2.15. The Balaban J connectivity index is 2.31. The van der Waals surface area contributed by atoms with Gasteiger partial charge in [-0.05, 0) is 36.8 Å². The van der Waals surface area contributed by atoms with Crippen LogP contribution in [0.2, 0.25) is 0 Å². The second-order valence-electron chi connectivity index (χ2n) is 4.41. The molecule has 6 heteroatoms. The molecule has 0 fully saturated rings. The lowest BCUT2D eigenvalue weighted by atomic mass is 10.1. The van der Waals surface area contributed by atoms with Gasteiger partial charge >= 0.3 is 5.97 Å². The molecular formula is C14H10BrN3O2. The first-order valence-electron chi connectivity index (χ1n) is 5.92. The van der Waals surface area contributed by atoms with Crippen molar-refractivity contribution in [3.05, 3.63) is 52.0 Å². The Labute approximate surface area is 123 Å². The fourth-order valence-corrected chi connectivity index (χ4v) is 2.41. The van der Waals surface area contributed by atoms with Crippen molar-refractivity contribution in [1.82, 2.24) is 15.0 Å². The first-order valence-corrected chi connectivity index (χ1v) is 6.71. The number of aromatic nitrogens is 3. The molecule has 3 aromatic rings. The van der Waals surface area contributed by atoms with E-state index in [0.717, 1.165) is 15.7 Å². The van der Waals surface area contributed by atoms with Gasteiger partial charge in [0, 0.05) is 4.47 Å². The third kappa shape index (κ3) is 1.98. The lowest BCUT2D eigenvalue weighted by Crippen LogP contribution is -2.03. The molecule has 1 heterocycles. The van der Waals surface area contributed by atoms with E-state index >= 15 is 0 Å². The van der Waals surface area contributed by atoms with E-state index in [-0.39, 0.29) is 5.56 Å². The smallest absolute Gasteiger partial charge is 0.337 e. The lowest BCUT2D eigenvalue weighted by molar-refractivity contribution is 0.0698. The lowest BCUT2D eigenvalue weighted by Gasteiger charge is -2.06. The summed E-state index contributed by atoms with van der Waals surface area (Å²) in [7, 11) is 0. The zero-order chi connectivity index (χ0) is 14.3. The highest BCUT2D eigenvalue weighted by atomic mass is 79.9. The second-order valence-corrected chi connectivity index (χ2v) is 5.27. The zero-order valence-corrected chi connectivity index (χ0v) is 12.1. The van der Waals surface area contributed by atoms with Gasteiger partial charge in [-0.15, -0.1) is 5.10 Å². The Kier molecular flexibility index (Phi) is 3.02. The van der Waals surface area contributed by atoms with Crippen LogP contribution in [0.3, 0.4) is 0 Å². The van der Waals surface area contributed by atoms with Gasteiger partial charge in [0.05, 0.1) is 11.3 Å². The van der Waals surface area contributed by atoms with Crippen LogP contribution in [-0.4, -0.2) is 26.1 Å². The SMILES string of the molecule is Cc1ccc(-n2nnc3cccc(C(=O)O)c32)cc1Br. The van der Waals surface area contributed by atoms with Crippen LogP contribution in [-0.2, 0) is 0 Å². The second kappa shape index (κ2) is 4.72. The van der Waals surface area contributed by atoms with Gasteiger partial charge in [-0.3, -0.25) is 0 Å². The first-order chi connectivity index (χ1) is 9.58. The minimum Gasteiger partial charge on any atom is -0.478 e. The maximum atomic E-state index is 11.3. The predicted molar refractivity (Wildman–Crippen MR) is 78.3 cm³/mol. The number of aryl methyl sites for hydroxylation is 1. The zero-order valence-electron chi connectivity index (χ0n) is 10.5. The monoisotopic (exact) mass is 331 g/mol. The molecule has 1 N–H and O–H groups in total. The number of carboxylic acid groups (broad SMARTS) is 1. The fourth-order valence-electron chi connectivity index (χ4n) is 2.04. The van der Waals surface area contributed by atoms with Crippen LogP contribution in [0.15, 0.2) is 40.9 Å². The maximum Gasteiger partial charge on any atom is 0.337 e. The number of rotatable bonds is 2. The van der Waals surface area contributed by atoms with Gasteiger partial charge in [0.15, 0.2) is 0 Å². The molecule has 20 heavy (non-hydrogen) atoms. The van der Waals surface area contributed by atoms with Crippen LogP contribution in [0.4, 0.5) is 0 Å². The number of para-hydroxylation sites is 1. The van der Waals surface area contributed by atoms with E-state index < -0.39 is 5.97 Å². The van der Waals surface area contributed by atoms with Crippen LogP contribution in [0.1, 0.15) is 15.9 Å². The van der Waals surface area contributed by atoms with Gasteiger partial charge in [0.1, 0.15) is 11.0 Å². The predicted octanol–water partition coefficient (Wildman–Crippen LogP) is 3.19. The van der Waals surface area contributed by atoms with E-state index in [1.54, 1.807) is 22.9 Å². The third-order valence-electron chi connectivity index (χ3n) is 3.10. The van der Waals surface area contributed by atoms with Crippen LogP contribution in [0, 0.1) is 6.92 Å². The molecule has 3 rings (SSSR count). The largest absolute Gasteiger partial charge is 0.478 e. The van der Waals surface area contributed by atoms with Crippen LogP contribution < -0.4 is 0 Å². The molecule has 0 saturated carbocycles. The van der Waals surface area contributed by atoms with Gasteiger partial charge in [0.25, 0.3) is 0 Å². The molecule has 0 unspecified atom stereocenters. The molecule has 0 aliphatic heterocycles. The number of halogens is 1. The van der Waals surface area contributed by atoms with Crippen molar-refractivity contribution in [2.24, 2.45) is 0 Å². The van der Waals surface area contributed by atoms with Gasteiger partial charge in [-0.1, -0.05) is 33.3 Å². The van der Waals surface area contributed by atoms with Crippen molar-refractivity contribution < 1.29 is 9.90 Å². The minimum absolute atomic E-state index is 0.184. The average Bonchev–Trinajstić information content (AvgIpc) is 2.85. The summed E-state index contributed by atoms with van der Waals surface area (Å²) < 4.78 is 2.48. The number of fused-ring (bicyclic) bond motifs is 1. The molecule has 2 aromatic carbocycles. The number of benzene rings is 2. The molecule has 0 atom stereocenters. The molecule has 100 valence electrons. The van der Waals surface area contributed by atoms with E-state index in [4.69, 9.17) is 0 Å².